The Labute approximate surface area is 224 Å². The Bertz CT molecular complexity index is 1320. The minimum atomic E-state index is -4.66. The van der Waals surface area contributed by atoms with Crippen molar-refractivity contribution in [2.45, 2.75) is 44.3 Å². The molecule has 204 valence electrons. The van der Waals surface area contributed by atoms with E-state index in [2.05, 4.69) is 25.5 Å². The maximum absolute atomic E-state index is 13.4. The van der Waals surface area contributed by atoms with Gasteiger partial charge in [0.25, 0.3) is 11.8 Å². The largest absolute Gasteiger partial charge is 0.417 e. The summed E-state index contributed by atoms with van der Waals surface area (Å²) in [5.74, 6) is -0.495. The predicted octanol–water partition coefficient (Wildman–Crippen LogP) is 4.95. The van der Waals surface area contributed by atoms with Gasteiger partial charge in [0, 0.05) is 55.7 Å². The highest BCUT2D eigenvalue weighted by Crippen LogP contribution is 2.34. The molecule has 1 aliphatic carbocycles. The lowest BCUT2D eigenvalue weighted by atomic mass is 9.93. The van der Waals surface area contributed by atoms with Gasteiger partial charge >= 0.3 is 6.18 Å². The third kappa shape index (κ3) is 6.21. The van der Waals surface area contributed by atoms with Crippen LogP contribution in [0.5, 0.6) is 0 Å². The molecule has 1 fully saturated rings. The number of piperidine rings is 1. The quantitative estimate of drug-likeness (QED) is 0.446. The summed E-state index contributed by atoms with van der Waals surface area (Å²) < 4.78 is 40.1. The summed E-state index contributed by atoms with van der Waals surface area (Å²) in [6.45, 7) is 2.52. The SMILES string of the molecule is O=C(NCCC1CCN(c2ccncc2)CC1)c1ccc2c(c1)C(NC(=O)c1cnccc1C(F)(F)F)CC2. The molecule has 0 spiro atoms. The number of nitrogens with zero attached hydrogens (tertiary/aromatic N) is 3. The Morgan fingerprint density at radius 2 is 1.69 bits per heavy atom. The standard InChI is InChI=1S/C29H30F3N5O2/c30-29(31,32)25-8-13-34-18-24(25)28(39)36-26-4-3-20-1-2-21(17-23(20)26)27(38)35-14-5-19-9-15-37(16-10-19)22-6-11-33-12-7-22/h1-2,6-8,11-13,17-19,26H,3-5,9-10,14-16H2,(H,35,38)(H,36,39). The van der Waals surface area contributed by atoms with Gasteiger partial charge in [0.1, 0.15) is 0 Å². The molecule has 2 amide bonds. The molecule has 0 saturated carbocycles. The Kier molecular flexibility index (Phi) is 7.81. The molecule has 2 aromatic heterocycles. The first kappa shape index (κ1) is 26.6. The van der Waals surface area contributed by atoms with E-state index in [0.29, 0.717) is 30.9 Å². The fraction of sp³-hybridized carbons (Fsp3) is 0.379. The highest BCUT2D eigenvalue weighted by atomic mass is 19.4. The lowest BCUT2D eigenvalue weighted by molar-refractivity contribution is -0.138. The number of hydrogen-bond acceptors (Lipinski definition) is 5. The van der Waals surface area contributed by atoms with Gasteiger partial charge in [-0.1, -0.05) is 6.07 Å². The van der Waals surface area contributed by atoms with E-state index < -0.39 is 29.3 Å². The summed E-state index contributed by atoms with van der Waals surface area (Å²) in [5.41, 5.74) is 1.85. The Hall–Kier alpha value is -3.95. The smallest absolute Gasteiger partial charge is 0.371 e. The van der Waals surface area contributed by atoms with Crippen molar-refractivity contribution < 1.29 is 22.8 Å². The summed E-state index contributed by atoms with van der Waals surface area (Å²) in [4.78, 5) is 35.8. The van der Waals surface area contributed by atoms with Crippen molar-refractivity contribution in [1.29, 1.82) is 0 Å². The van der Waals surface area contributed by atoms with Gasteiger partial charge in [0.05, 0.1) is 17.2 Å². The molecule has 5 rings (SSSR count). The first-order valence-corrected chi connectivity index (χ1v) is 13.2. The normalized spacial score (nSPS) is 17.5. The minimum Gasteiger partial charge on any atom is -0.371 e. The molecule has 2 aliphatic rings. The second-order valence-electron chi connectivity index (χ2n) is 10.1. The van der Waals surface area contributed by atoms with E-state index in [4.69, 9.17) is 0 Å². The van der Waals surface area contributed by atoms with Gasteiger partial charge in [0.2, 0.25) is 0 Å². The van der Waals surface area contributed by atoms with E-state index in [1.54, 1.807) is 24.5 Å². The van der Waals surface area contributed by atoms with E-state index in [9.17, 15) is 22.8 Å². The summed E-state index contributed by atoms with van der Waals surface area (Å²) in [5, 5.41) is 5.72. The van der Waals surface area contributed by atoms with Crippen molar-refractivity contribution in [3.05, 3.63) is 89.0 Å². The molecule has 3 aromatic rings. The number of aromatic nitrogens is 2. The topological polar surface area (TPSA) is 87.2 Å². The number of halogens is 3. The van der Waals surface area contributed by atoms with Gasteiger partial charge in [0.15, 0.2) is 0 Å². The number of rotatable bonds is 7. The number of carbonyl (C=O) groups excluding carboxylic acids is 2. The van der Waals surface area contributed by atoms with Gasteiger partial charge in [-0.05, 0) is 79.5 Å². The number of fused-ring (bicyclic) bond motifs is 1. The number of nitrogens with one attached hydrogen (secondary N) is 2. The van der Waals surface area contributed by atoms with Crippen LogP contribution in [0.1, 0.15) is 69.1 Å². The predicted molar refractivity (Wildman–Crippen MR) is 140 cm³/mol. The van der Waals surface area contributed by atoms with Crippen molar-refractivity contribution in [1.82, 2.24) is 20.6 Å². The van der Waals surface area contributed by atoms with E-state index in [1.807, 2.05) is 18.2 Å². The number of amides is 2. The van der Waals surface area contributed by atoms with E-state index >= 15 is 0 Å². The van der Waals surface area contributed by atoms with Gasteiger partial charge in [-0.2, -0.15) is 13.2 Å². The highest BCUT2D eigenvalue weighted by Gasteiger charge is 2.36. The number of carbonyl (C=O) groups is 2. The number of anilines is 1. The average Bonchev–Trinajstić information content (AvgIpc) is 3.35. The molecule has 1 aliphatic heterocycles. The van der Waals surface area contributed by atoms with Crippen LogP contribution >= 0.6 is 0 Å². The van der Waals surface area contributed by atoms with Gasteiger partial charge in [-0.15, -0.1) is 0 Å². The van der Waals surface area contributed by atoms with E-state index in [1.165, 1.54) is 5.69 Å². The number of aryl methyl sites for hydroxylation is 1. The van der Waals surface area contributed by atoms with Crippen LogP contribution in [0.2, 0.25) is 0 Å². The Balaban J connectivity index is 1.15. The monoisotopic (exact) mass is 537 g/mol. The maximum atomic E-state index is 13.4. The fourth-order valence-corrected chi connectivity index (χ4v) is 5.48. The van der Waals surface area contributed by atoms with Crippen LogP contribution in [0.4, 0.5) is 18.9 Å². The average molecular weight is 538 g/mol. The Morgan fingerprint density at radius 1 is 0.949 bits per heavy atom. The van der Waals surface area contributed by atoms with Crippen LogP contribution in [-0.2, 0) is 12.6 Å². The summed E-state index contributed by atoms with van der Waals surface area (Å²) >= 11 is 0. The minimum absolute atomic E-state index is 0.199. The van der Waals surface area contributed by atoms with Gasteiger partial charge in [-0.3, -0.25) is 19.6 Å². The third-order valence-electron chi connectivity index (χ3n) is 7.64. The molecule has 1 unspecified atom stereocenters. The van der Waals surface area contributed by atoms with Crippen LogP contribution in [0.25, 0.3) is 0 Å². The molecular formula is C29H30F3N5O2. The first-order chi connectivity index (χ1) is 18.8. The van der Waals surface area contributed by atoms with Crippen molar-refractivity contribution in [3.63, 3.8) is 0 Å². The molecule has 2 N–H and O–H groups in total. The highest BCUT2D eigenvalue weighted by molar-refractivity contribution is 5.96. The van der Waals surface area contributed by atoms with Crippen LogP contribution in [0.3, 0.4) is 0 Å². The zero-order valence-corrected chi connectivity index (χ0v) is 21.4. The molecule has 3 heterocycles. The van der Waals surface area contributed by atoms with Crippen LogP contribution in [0.15, 0.2) is 61.2 Å². The second kappa shape index (κ2) is 11.4. The first-order valence-electron chi connectivity index (χ1n) is 13.2. The van der Waals surface area contributed by atoms with Crippen LogP contribution in [0, 0.1) is 5.92 Å². The third-order valence-corrected chi connectivity index (χ3v) is 7.64. The lowest BCUT2D eigenvalue weighted by Gasteiger charge is -2.33. The lowest BCUT2D eigenvalue weighted by Crippen LogP contribution is -2.35. The number of benzene rings is 1. The maximum Gasteiger partial charge on any atom is 0.417 e. The van der Waals surface area contributed by atoms with Crippen LogP contribution in [-0.4, -0.2) is 41.4 Å². The molecule has 1 atom stereocenters. The number of alkyl halides is 3. The zero-order valence-electron chi connectivity index (χ0n) is 21.4. The molecule has 0 radical (unpaired) electrons. The number of hydrogen-bond donors (Lipinski definition) is 2. The zero-order chi connectivity index (χ0) is 27.4. The summed E-state index contributed by atoms with van der Waals surface area (Å²) in [7, 11) is 0. The van der Waals surface area contributed by atoms with Crippen molar-refractivity contribution in [3.8, 4) is 0 Å². The molecule has 39 heavy (non-hydrogen) atoms. The van der Waals surface area contributed by atoms with Gasteiger partial charge < -0.3 is 15.5 Å². The fourth-order valence-electron chi connectivity index (χ4n) is 5.48. The Morgan fingerprint density at radius 3 is 2.44 bits per heavy atom. The number of pyridine rings is 2. The van der Waals surface area contributed by atoms with Crippen molar-refractivity contribution >= 4 is 17.5 Å². The summed E-state index contributed by atoms with van der Waals surface area (Å²) in [6, 6.07) is 9.71. The van der Waals surface area contributed by atoms with Crippen LogP contribution < -0.4 is 15.5 Å². The van der Waals surface area contributed by atoms with E-state index in [-0.39, 0.29) is 5.91 Å². The molecule has 0 bridgehead atoms. The summed E-state index contributed by atoms with van der Waals surface area (Å²) in [6.07, 6.45) is 5.12. The second-order valence-corrected chi connectivity index (χ2v) is 10.1. The molecule has 1 saturated heterocycles. The molecule has 7 nitrogen and oxygen atoms in total. The molecule has 1 aromatic carbocycles. The molecular weight excluding hydrogens is 507 g/mol. The van der Waals surface area contributed by atoms with Gasteiger partial charge in [-0.25, -0.2) is 0 Å². The van der Waals surface area contributed by atoms with E-state index in [0.717, 1.165) is 61.9 Å². The van der Waals surface area contributed by atoms with Crippen molar-refractivity contribution in [2.75, 3.05) is 24.5 Å². The van der Waals surface area contributed by atoms with Crippen molar-refractivity contribution in [2.24, 2.45) is 5.92 Å². The molecule has 10 heteroatoms.